The van der Waals surface area contributed by atoms with Gasteiger partial charge < -0.3 is 14.7 Å². The van der Waals surface area contributed by atoms with Crippen molar-refractivity contribution in [3.05, 3.63) is 23.9 Å². The molecule has 1 heterocycles. The number of hydrogen-bond donors (Lipinski definition) is 1. The molecule has 4 heteroatoms. The fourth-order valence-electron chi connectivity index (χ4n) is 1.15. The van der Waals surface area contributed by atoms with Crippen LogP contribution in [0.15, 0.2) is 23.9 Å². The van der Waals surface area contributed by atoms with Gasteiger partial charge in [0.25, 0.3) is 0 Å². The Morgan fingerprint density at radius 1 is 1.77 bits per heavy atom. The van der Waals surface area contributed by atoms with Gasteiger partial charge in [0, 0.05) is 13.1 Å². The van der Waals surface area contributed by atoms with Crippen LogP contribution in [-0.2, 0) is 9.53 Å². The van der Waals surface area contributed by atoms with Crippen molar-refractivity contribution in [1.29, 1.82) is 0 Å². The highest BCUT2D eigenvalue weighted by atomic mass is 16.5. The zero-order chi connectivity index (χ0) is 9.68. The summed E-state index contributed by atoms with van der Waals surface area (Å²) in [5.74, 6) is -0.313. The Morgan fingerprint density at radius 2 is 2.54 bits per heavy atom. The number of aliphatic hydroxyl groups is 1. The van der Waals surface area contributed by atoms with Gasteiger partial charge in [-0.2, -0.15) is 0 Å². The smallest absolute Gasteiger partial charge is 0.335 e. The van der Waals surface area contributed by atoms with Crippen LogP contribution in [0.1, 0.15) is 0 Å². The highest BCUT2D eigenvalue weighted by Crippen LogP contribution is 2.07. The van der Waals surface area contributed by atoms with Gasteiger partial charge in [0.2, 0.25) is 0 Å². The average molecular weight is 183 g/mol. The SMILES string of the molecule is COC(=O)C1=CC=CN(CCO)C1. The molecule has 1 aliphatic rings. The van der Waals surface area contributed by atoms with Crippen LogP contribution in [0.2, 0.25) is 0 Å². The number of carbonyl (C=O) groups is 1. The molecule has 0 saturated heterocycles. The highest BCUT2D eigenvalue weighted by molar-refractivity contribution is 5.89. The predicted octanol–water partition coefficient (Wildman–Crippen LogP) is -0.0926. The molecular weight excluding hydrogens is 170 g/mol. The van der Waals surface area contributed by atoms with Gasteiger partial charge in [0.1, 0.15) is 0 Å². The molecule has 1 rings (SSSR count). The molecule has 1 N–H and O–H groups in total. The minimum Gasteiger partial charge on any atom is -0.466 e. The molecule has 0 bridgehead atoms. The second-order valence-corrected chi connectivity index (χ2v) is 2.72. The highest BCUT2D eigenvalue weighted by Gasteiger charge is 2.13. The third-order valence-electron chi connectivity index (χ3n) is 1.80. The van der Waals surface area contributed by atoms with Gasteiger partial charge in [-0.3, -0.25) is 0 Å². The second kappa shape index (κ2) is 4.67. The lowest BCUT2D eigenvalue weighted by Gasteiger charge is -2.22. The Kier molecular flexibility index (Phi) is 3.52. The van der Waals surface area contributed by atoms with E-state index in [4.69, 9.17) is 5.11 Å². The summed E-state index contributed by atoms with van der Waals surface area (Å²) in [7, 11) is 1.36. The minimum atomic E-state index is -0.313. The van der Waals surface area contributed by atoms with Crippen LogP contribution in [0, 0.1) is 0 Å². The lowest BCUT2D eigenvalue weighted by Crippen LogP contribution is -2.28. The number of methoxy groups -OCH3 is 1. The first-order chi connectivity index (χ1) is 6.27. The van der Waals surface area contributed by atoms with Crippen molar-refractivity contribution in [2.75, 3.05) is 26.8 Å². The van der Waals surface area contributed by atoms with Crippen molar-refractivity contribution in [3.8, 4) is 0 Å². The lowest BCUT2D eigenvalue weighted by molar-refractivity contribution is -0.136. The fourth-order valence-corrected chi connectivity index (χ4v) is 1.15. The number of nitrogens with zero attached hydrogens (tertiary/aromatic N) is 1. The van der Waals surface area contributed by atoms with E-state index in [9.17, 15) is 4.79 Å². The van der Waals surface area contributed by atoms with E-state index in [0.29, 0.717) is 18.7 Å². The summed E-state index contributed by atoms with van der Waals surface area (Å²) in [6, 6.07) is 0. The number of carbonyl (C=O) groups excluding carboxylic acids is 1. The van der Waals surface area contributed by atoms with Crippen molar-refractivity contribution < 1.29 is 14.6 Å². The van der Waals surface area contributed by atoms with Gasteiger partial charge in [0.15, 0.2) is 0 Å². The summed E-state index contributed by atoms with van der Waals surface area (Å²) in [6.45, 7) is 1.12. The summed E-state index contributed by atoms with van der Waals surface area (Å²) < 4.78 is 4.59. The largest absolute Gasteiger partial charge is 0.466 e. The van der Waals surface area contributed by atoms with Crippen LogP contribution >= 0.6 is 0 Å². The third kappa shape index (κ3) is 2.59. The Hall–Kier alpha value is -1.29. The first kappa shape index (κ1) is 9.80. The van der Waals surface area contributed by atoms with Crippen molar-refractivity contribution in [3.63, 3.8) is 0 Å². The van der Waals surface area contributed by atoms with E-state index in [1.807, 2.05) is 11.1 Å². The summed E-state index contributed by atoms with van der Waals surface area (Å²) in [6.07, 6.45) is 5.33. The fraction of sp³-hybridized carbons (Fsp3) is 0.444. The van der Waals surface area contributed by atoms with Crippen molar-refractivity contribution in [1.82, 2.24) is 4.90 Å². The molecule has 13 heavy (non-hydrogen) atoms. The summed E-state index contributed by atoms with van der Waals surface area (Å²) in [5, 5.41) is 8.69. The lowest BCUT2D eigenvalue weighted by atomic mass is 10.2. The van der Waals surface area contributed by atoms with Crippen LogP contribution < -0.4 is 0 Å². The molecule has 0 fully saturated rings. The van der Waals surface area contributed by atoms with E-state index < -0.39 is 0 Å². The van der Waals surface area contributed by atoms with Gasteiger partial charge >= 0.3 is 5.97 Å². The first-order valence-electron chi connectivity index (χ1n) is 4.08. The molecular formula is C9H13NO3. The molecule has 72 valence electrons. The molecule has 0 radical (unpaired) electrons. The standard InChI is InChI=1S/C9H13NO3/c1-13-9(12)8-3-2-4-10(7-8)5-6-11/h2-4,11H,5-7H2,1H3. The number of ether oxygens (including phenoxy) is 1. The van der Waals surface area contributed by atoms with Crippen LogP contribution in [0.25, 0.3) is 0 Å². The van der Waals surface area contributed by atoms with Gasteiger partial charge in [-0.25, -0.2) is 4.79 Å². The normalized spacial score (nSPS) is 15.5. The first-order valence-corrected chi connectivity index (χ1v) is 4.08. The molecule has 0 unspecified atom stereocenters. The zero-order valence-electron chi connectivity index (χ0n) is 7.56. The number of hydrogen-bond acceptors (Lipinski definition) is 4. The van der Waals surface area contributed by atoms with Gasteiger partial charge in [0.05, 0.1) is 19.3 Å². The Bertz CT molecular complexity index is 245. The molecule has 4 nitrogen and oxygen atoms in total. The van der Waals surface area contributed by atoms with E-state index in [2.05, 4.69) is 4.74 Å². The third-order valence-corrected chi connectivity index (χ3v) is 1.80. The molecule has 0 amide bonds. The van der Waals surface area contributed by atoms with Crippen LogP contribution in [0.3, 0.4) is 0 Å². The quantitative estimate of drug-likeness (QED) is 0.621. The van der Waals surface area contributed by atoms with Gasteiger partial charge in [-0.1, -0.05) is 0 Å². The summed E-state index contributed by atoms with van der Waals surface area (Å²) in [5.41, 5.74) is 0.610. The number of β-amino-alcohol motifs (C(OH)–C–C–N with tert-alkyl or cyclic N) is 1. The number of aliphatic hydroxyl groups excluding tert-OH is 1. The molecule has 0 spiro atoms. The second-order valence-electron chi connectivity index (χ2n) is 2.72. The molecule has 0 atom stereocenters. The molecule has 0 aromatic rings. The number of esters is 1. The molecule has 0 aromatic carbocycles. The van der Waals surface area contributed by atoms with Crippen LogP contribution in [-0.4, -0.2) is 42.8 Å². The molecule has 0 aromatic heterocycles. The van der Waals surface area contributed by atoms with E-state index in [0.717, 1.165) is 0 Å². The topological polar surface area (TPSA) is 49.8 Å². The monoisotopic (exact) mass is 183 g/mol. The zero-order valence-corrected chi connectivity index (χ0v) is 7.56. The van der Waals surface area contributed by atoms with Crippen LogP contribution in [0.4, 0.5) is 0 Å². The summed E-state index contributed by atoms with van der Waals surface area (Å²) >= 11 is 0. The molecule has 0 aliphatic carbocycles. The van der Waals surface area contributed by atoms with Gasteiger partial charge in [-0.05, 0) is 18.4 Å². The molecule has 0 saturated carbocycles. The van der Waals surface area contributed by atoms with Crippen molar-refractivity contribution in [2.24, 2.45) is 0 Å². The maximum absolute atomic E-state index is 11.1. The van der Waals surface area contributed by atoms with Crippen molar-refractivity contribution >= 4 is 5.97 Å². The van der Waals surface area contributed by atoms with E-state index >= 15 is 0 Å². The number of allylic oxidation sites excluding steroid dienone is 2. The summed E-state index contributed by atoms with van der Waals surface area (Å²) in [4.78, 5) is 13.0. The number of rotatable bonds is 3. The maximum atomic E-state index is 11.1. The van der Waals surface area contributed by atoms with Crippen LogP contribution in [0.5, 0.6) is 0 Å². The Labute approximate surface area is 77.1 Å². The van der Waals surface area contributed by atoms with Gasteiger partial charge in [-0.15, -0.1) is 0 Å². The van der Waals surface area contributed by atoms with E-state index in [1.165, 1.54) is 7.11 Å². The predicted molar refractivity (Wildman–Crippen MR) is 47.9 cm³/mol. The molecule has 1 aliphatic heterocycles. The van der Waals surface area contributed by atoms with Crippen molar-refractivity contribution in [2.45, 2.75) is 0 Å². The minimum absolute atomic E-state index is 0.0821. The maximum Gasteiger partial charge on any atom is 0.335 e. The Balaban J connectivity index is 2.55. The Morgan fingerprint density at radius 3 is 3.15 bits per heavy atom. The average Bonchev–Trinajstić information content (AvgIpc) is 2.18. The van der Waals surface area contributed by atoms with E-state index in [-0.39, 0.29) is 12.6 Å². The van der Waals surface area contributed by atoms with E-state index in [1.54, 1.807) is 12.2 Å².